The van der Waals surface area contributed by atoms with Crippen molar-refractivity contribution in [3.05, 3.63) is 12.2 Å². The second-order valence-electron chi connectivity index (χ2n) is 7.73. The van der Waals surface area contributed by atoms with E-state index in [0.717, 1.165) is 12.8 Å². The van der Waals surface area contributed by atoms with Crippen LogP contribution >= 0.6 is 0 Å². The Morgan fingerprint density at radius 1 is 0.926 bits per heavy atom. The zero-order valence-electron chi connectivity index (χ0n) is 17.2. The van der Waals surface area contributed by atoms with Gasteiger partial charge in [-0.2, -0.15) is 0 Å². The van der Waals surface area contributed by atoms with Crippen LogP contribution in [-0.4, -0.2) is 59.6 Å². The molecule has 1 heterocycles. The number of allylic oxidation sites excluding steroid dienone is 1. The number of aliphatic hydroxyl groups is 3. The number of hydrogen-bond donors (Lipinski definition) is 3. The summed E-state index contributed by atoms with van der Waals surface area (Å²) in [6.07, 6.45) is 16.3. The first kappa shape index (κ1) is 24.6. The Balaban J connectivity index is 1.83. The third-order valence-electron chi connectivity index (χ3n) is 5.18. The highest BCUT2D eigenvalue weighted by Crippen LogP contribution is 2.17. The van der Waals surface area contributed by atoms with E-state index < -0.39 is 24.4 Å². The van der Waals surface area contributed by atoms with Gasteiger partial charge in [-0.05, 0) is 19.3 Å². The lowest BCUT2D eigenvalue weighted by molar-refractivity contribution is -0.0806. The van der Waals surface area contributed by atoms with E-state index in [1.807, 2.05) is 0 Å². The molecule has 27 heavy (non-hydrogen) atoms. The zero-order valence-corrected chi connectivity index (χ0v) is 17.2. The van der Waals surface area contributed by atoms with Gasteiger partial charge in [-0.25, -0.2) is 0 Å². The lowest BCUT2D eigenvalue weighted by Crippen LogP contribution is -2.40. The molecule has 0 aromatic carbocycles. The summed E-state index contributed by atoms with van der Waals surface area (Å²) in [6, 6.07) is 0. The van der Waals surface area contributed by atoms with Gasteiger partial charge in [0.1, 0.15) is 24.4 Å². The summed E-state index contributed by atoms with van der Waals surface area (Å²) in [5.74, 6) is 0. The molecule has 5 heteroatoms. The molecule has 0 saturated carbocycles. The normalized spacial score (nSPS) is 24.1. The van der Waals surface area contributed by atoms with Crippen LogP contribution in [0.5, 0.6) is 0 Å². The highest BCUT2D eigenvalue weighted by molar-refractivity contribution is 4.88. The molecule has 0 radical (unpaired) electrons. The summed E-state index contributed by atoms with van der Waals surface area (Å²) in [7, 11) is 0. The number of ether oxygens (including phenoxy) is 2. The van der Waals surface area contributed by atoms with Crippen LogP contribution in [0, 0.1) is 0 Å². The van der Waals surface area contributed by atoms with Crippen LogP contribution in [-0.2, 0) is 9.47 Å². The van der Waals surface area contributed by atoms with Gasteiger partial charge in [0.05, 0.1) is 19.8 Å². The summed E-state index contributed by atoms with van der Waals surface area (Å²) >= 11 is 0. The summed E-state index contributed by atoms with van der Waals surface area (Å²) in [5.41, 5.74) is 0. The molecule has 1 saturated heterocycles. The van der Waals surface area contributed by atoms with Crippen molar-refractivity contribution in [2.75, 3.05) is 19.8 Å². The van der Waals surface area contributed by atoms with Gasteiger partial charge in [0.2, 0.25) is 0 Å². The molecule has 1 aliphatic heterocycles. The SMILES string of the molecule is CCCCCCCCCCCC/C=C/CCOC[C@@H](O)[C@H]1OC[C@H](O)[C@H]1O. The molecule has 0 aromatic rings. The summed E-state index contributed by atoms with van der Waals surface area (Å²) in [6.45, 7) is 2.97. The molecule has 0 unspecified atom stereocenters. The van der Waals surface area contributed by atoms with Crippen LogP contribution in [0.3, 0.4) is 0 Å². The minimum Gasteiger partial charge on any atom is -0.388 e. The highest BCUT2D eigenvalue weighted by atomic mass is 16.5. The van der Waals surface area contributed by atoms with E-state index in [1.54, 1.807) is 0 Å². The molecule has 0 amide bonds. The number of hydrogen-bond acceptors (Lipinski definition) is 5. The highest BCUT2D eigenvalue weighted by Gasteiger charge is 2.39. The molecule has 160 valence electrons. The van der Waals surface area contributed by atoms with Crippen LogP contribution in [0.2, 0.25) is 0 Å². The Labute approximate surface area is 165 Å². The average molecular weight is 387 g/mol. The minimum absolute atomic E-state index is 0.0601. The first-order valence-corrected chi connectivity index (χ1v) is 11.0. The van der Waals surface area contributed by atoms with Gasteiger partial charge in [0.25, 0.3) is 0 Å². The van der Waals surface area contributed by atoms with Gasteiger partial charge in [-0.1, -0.05) is 76.9 Å². The molecular weight excluding hydrogens is 344 g/mol. The van der Waals surface area contributed by atoms with E-state index in [1.165, 1.54) is 64.2 Å². The maximum Gasteiger partial charge on any atom is 0.114 e. The molecule has 0 bridgehead atoms. The Morgan fingerprint density at radius 3 is 2.11 bits per heavy atom. The largest absolute Gasteiger partial charge is 0.388 e. The second-order valence-corrected chi connectivity index (χ2v) is 7.73. The van der Waals surface area contributed by atoms with Gasteiger partial charge in [0.15, 0.2) is 0 Å². The van der Waals surface area contributed by atoms with Crippen LogP contribution in [0.1, 0.15) is 84.0 Å². The topological polar surface area (TPSA) is 79.2 Å². The maximum atomic E-state index is 9.91. The molecule has 1 rings (SSSR count). The fourth-order valence-corrected chi connectivity index (χ4v) is 3.40. The molecule has 4 atom stereocenters. The van der Waals surface area contributed by atoms with Crippen LogP contribution in [0.15, 0.2) is 12.2 Å². The second kappa shape index (κ2) is 16.5. The monoisotopic (exact) mass is 386 g/mol. The number of rotatable bonds is 17. The first-order valence-electron chi connectivity index (χ1n) is 11.0. The fraction of sp³-hybridized carbons (Fsp3) is 0.909. The Kier molecular flexibility index (Phi) is 15.0. The van der Waals surface area contributed by atoms with Crippen molar-refractivity contribution < 1.29 is 24.8 Å². The van der Waals surface area contributed by atoms with Crippen molar-refractivity contribution in [3.8, 4) is 0 Å². The molecule has 3 N–H and O–H groups in total. The van der Waals surface area contributed by atoms with E-state index in [4.69, 9.17) is 9.47 Å². The van der Waals surface area contributed by atoms with Crippen molar-refractivity contribution in [2.45, 2.75) is 108 Å². The average Bonchev–Trinajstić information content (AvgIpc) is 3.00. The Hall–Kier alpha value is -0.460. The number of unbranched alkanes of at least 4 members (excludes halogenated alkanes) is 10. The van der Waals surface area contributed by atoms with Gasteiger partial charge in [0, 0.05) is 0 Å². The molecule has 5 nitrogen and oxygen atoms in total. The number of aliphatic hydroxyl groups excluding tert-OH is 3. The molecular formula is C22H42O5. The third kappa shape index (κ3) is 11.9. The fourth-order valence-electron chi connectivity index (χ4n) is 3.40. The van der Waals surface area contributed by atoms with E-state index in [-0.39, 0.29) is 13.2 Å². The molecule has 0 spiro atoms. The van der Waals surface area contributed by atoms with Crippen LogP contribution < -0.4 is 0 Å². The van der Waals surface area contributed by atoms with Gasteiger partial charge in [-0.15, -0.1) is 0 Å². The van der Waals surface area contributed by atoms with Crippen molar-refractivity contribution in [1.29, 1.82) is 0 Å². The van der Waals surface area contributed by atoms with Crippen LogP contribution in [0.4, 0.5) is 0 Å². The van der Waals surface area contributed by atoms with Gasteiger partial charge < -0.3 is 24.8 Å². The first-order chi connectivity index (χ1) is 13.2. The quantitative estimate of drug-likeness (QED) is 0.262. The maximum absolute atomic E-state index is 9.91. The van der Waals surface area contributed by atoms with E-state index in [2.05, 4.69) is 19.1 Å². The summed E-state index contributed by atoms with van der Waals surface area (Å²) in [4.78, 5) is 0. The van der Waals surface area contributed by atoms with Crippen molar-refractivity contribution in [1.82, 2.24) is 0 Å². The standard InChI is InChI=1S/C22H42O5/c1-2-3-4-5-6-7-8-9-10-11-12-13-14-15-16-26-17-20(24)22-21(25)19(23)18-27-22/h13-14,19-25H,2-12,15-18H2,1H3/b14-13+/t19-,20+,21+,22+/m0/s1. The minimum atomic E-state index is -1.04. The zero-order chi connectivity index (χ0) is 19.7. The molecule has 0 aliphatic carbocycles. The molecule has 1 aliphatic rings. The predicted molar refractivity (Wildman–Crippen MR) is 109 cm³/mol. The summed E-state index contributed by atoms with van der Waals surface area (Å²) < 4.78 is 10.6. The van der Waals surface area contributed by atoms with E-state index in [0.29, 0.717) is 6.61 Å². The lowest BCUT2D eigenvalue weighted by atomic mass is 10.1. The van der Waals surface area contributed by atoms with Crippen molar-refractivity contribution in [2.24, 2.45) is 0 Å². The van der Waals surface area contributed by atoms with Crippen LogP contribution in [0.25, 0.3) is 0 Å². The van der Waals surface area contributed by atoms with E-state index in [9.17, 15) is 15.3 Å². The van der Waals surface area contributed by atoms with Gasteiger partial charge in [-0.3, -0.25) is 0 Å². The molecule has 1 fully saturated rings. The Bertz CT molecular complexity index is 361. The van der Waals surface area contributed by atoms with Crippen molar-refractivity contribution in [3.63, 3.8) is 0 Å². The van der Waals surface area contributed by atoms with Crippen molar-refractivity contribution >= 4 is 0 Å². The smallest absolute Gasteiger partial charge is 0.114 e. The van der Waals surface area contributed by atoms with E-state index >= 15 is 0 Å². The van der Waals surface area contributed by atoms with Gasteiger partial charge >= 0.3 is 0 Å². The predicted octanol–water partition coefficient (Wildman–Crippen LogP) is 3.74. The lowest BCUT2D eigenvalue weighted by Gasteiger charge is -2.20. The molecule has 0 aromatic heterocycles. The third-order valence-corrected chi connectivity index (χ3v) is 5.18. The summed E-state index contributed by atoms with van der Waals surface area (Å²) in [5, 5.41) is 29.0. The Morgan fingerprint density at radius 2 is 1.52 bits per heavy atom.